The van der Waals surface area contributed by atoms with Crippen molar-refractivity contribution in [3.05, 3.63) is 53.1 Å². The van der Waals surface area contributed by atoms with Gasteiger partial charge in [0.2, 0.25) is 0 Å². The van der Waals surface area contributed by atoms with Crippen LogP contribution in [0.25, 0.3) is 0 Å². The van der Waals surface area contributed by atoms with Crippen molar-refractivity contribution in [2.24, 2.45) is 0 Å². The van der Waals surface area contributed by atoms with Crippen LogP contribution < -0.4 is 20.3 Å². The molecule has 0 radical (unpaired) electrons. The molecular weight excluding hydrogens is 368 g/mol. The monoisotopic (exact) mass is 387 g/mol. The Kier molecular flexibility index (Phi) is 7.17. The molecule has 0 bridgehead atoms. The number of halogens is 1. The van der Waals surface area contributed by atoms with Crippen molar-refractivity contribution >= 4 is 34.8 Å². The van der Waals surface area contributed by atoms with Gasteiger partial charge in [0.05, 0.1) is 31.1 Å². The van der Waals surface area contributed by atoms with Crippen molar-refractivity contribution in [1.82, 2.24) is 0 Å². The van der Waals surface area contributed by atoms with E-state index in [1.807, 2.05) is 6.07 Å². The molecule has 8 heteroatoms. The third kappa shape index (κ3) is 5.99. The average Bonchev–Trinajstić information content (AvgIpc) is 2.62. The number of nitrogens with one attached hydrogen (secondary N) is 3. The molecule has 140 valence electrons. The fourth-order valence-corrected chi connectivity index (χ4v) is 2.64. The number of nitriles is 1. The first-order chi connectivity index (χ1) is 12.9. The molecule has 0 saturated heterocycles. The number of hydrogen-bond acceptors (Lipinski definition) is 4. The van der Waals surface area contributed by atoms with Gasteiger partial charge in [0.15, 0.2) is 13.1 Å². The molecule has 0 aliphatic carbocycles. The Morgan fingerprint density at radius 1 is 1.11 bits per heavy atom. The van der Waals surface area contributed by atoms with E-state index in [0.29, 0.717) is 32.6 Å². The lowest BCUT2D eigenvalue weighted by Crippen LogP contribution is -3.11. The minimum Gasteiger partial charge on any atom is -0.495 e. The topological polar surface area (TPSA) is 95.7 Å². The lowest BCUT2D eigenvalue weighted by molar-refractivity contribution is -0.862. The average molecular weight is 388 g/mol. The first-order valence-corrected chi connectivity index (χ1v) is 8.54. The molecule has 0 aliphatic rings. The largest absolute Gasteiger partial charge is 0.495 e. The molecule has 2 amide bonds. The number of rotatable bonds is 7. The van der Waals surface area contributed by atoms with E-state index in [-0.39, 0.29) is 24.9 Å². The van der Waals surface area contributed by atoms with Gasteiger partial charge in [-0.2, -0.15) is 5.26 Å². The molecule has 3 N–H and O–H groups in total. The highest BCUT2D eigenvalue weighted by atomic mass is 35.5. The fraction of sp³-hybridized carbons (Fsp3) is 0.211. The van der Waals surface area contributed by atoms with E-state index in [4.69, 9.17) is 21.6 Å². The SMILES string of the molecule is COc1ccc(Cl)cc1NC(=O)C[NH+](C)CC(=O)Nc1ccccc1C#N. The summed E-state index contributed by atoms with van der Waals surface area (Å²) in [5.74, 6) is -0.0714. The van der Waals surface area contributed by atoms with Gasteiger partial charge < -0.3 is 20.3 Å². The van der Waals surface area contributed by atoms with Crippen molar-refractivity contribution in [2.75, 3.05) is 37.9 Å². The van der Waals surface area contributed by atoms with E-state index in [9.17, 15) is 9.59 Å². The van der Waals surface area contributed by atoms with E-state index in [0.717, 1.165) is 0 Å². The third-order valence-corrected chi connectivity index (χ3v) is 3.92. The number of quaternary nitrogens is 1. The summed E-state index contributed by atoms with van der Waals surface area (Å²) in [6.07, 6.45) is 0. The maximum absolute atomic E-state index is 12.2. The third-order valence-electron chi connectivity index (χ3n) is 3.68. The first kappa shape index (κ1) is 20.2. The number of likely N-dealkylation sites (N-methyl/N-ethyl adjacent to an activating group) is 1. The Balaban J connectivity index is 1.90. The highest BCUT2D eigenvalue weighted by Crippen LogP contribution is 2.27. The van der Waals surface area contributed by atoms with Gasteiger partial charge in [0.1, 0.15) is 11.8 Å². The van der Waals surface area contributed by atoms with E-state index >= 15 is 0 Å². The second-order valence-electron chi connectivity index (χ2n) is 5.91. The predicted octanol–water partition coefficient (Wildman–Crippen LogP) is 1.31. The van der Waals surface area contributed by atoms with Gasteiger partial charge in [-0.05, 0) is 30.3 Å². The van der Waals surface area contributed by atoms with Crippen LogP contribution in [0.15, 0.2) is 42.5 Å². The van der Waals surface area contributed by atoms with Gasteiger partial charge in [-0.15, -0.1) is 0 Å². The summed E-state index contributed by atoms with van der Waals surface area (Å²) in [7, 11) is 3.23. The molecule has 2 aromatic carbocycles. The van der Waals surface area contributed by atoms with Crippen molar-refractivity contribution in [1.29, 1.82) is 5.26 Å². The molecule has 7 nitrogen and oxygen atoms in total. The molecule has 0 fully saturated rings. The van der Waals surface area contributed by atoms with Crippen LogP contribution in [0.4, 0.5) is 11.4 Å². The summed E-state index contributed by atoms with van der Waals surface area (Å²) < 4.78 is 5.19. The fourth-order valence-electron chi connectivity index (χ4n) is 2.47. The van der Waals surface area contributed by atoms with E-state index in [2.05, 4.69) is 10.6 Å². The molecule has 1 atom stereocenters. The number of hydrogen-bond donors (Lipinski definition) is 3. The molecule has 27 heavy (non-hydrogen) atoms. The van der Waals surface area contributed by atoms with Crippen LogP contribution in [-0.2, 0) is 9.59 Å². The van der Waals surface area contributed by atoms with Gasteiger partial charge in [-0.3, -0.25) is 9.59 Å². The Labute approximate surface area is 162 Å². The Bertz CT molecular complexity index is 879. The smallest absolute Gasteiger partial charge is 0.279 e. The minimum absolute atomic E-state index is 0.0693. The number of benzene rings is 2. The van der Waals surface area contributed by atoms with E-state index in [1.54, 1.807) is 49.5 Å². The molecular formula is C19H20ClN4O3+. The molecule has 0 saturated carbocycles. The van der Waals surface area contributed by atoms with Crippen LogP contribution in [-0.4, -0.2) is 39.1 Å². The molecule has 0 heterocycles. The maximum Gasteiger partial charge on any atom is 0.279 e. The zero-order valence-corrected chi connectivity index (χ0v) is 15.8. The van der Waals surface area contributed by atoms with Crippen molar-refractivity contribution in [3.8, 4) is 11.8 Å². The summed E-state index contributed by atoms with van der Waals surface area (Å²) in [6.45, 7) is 0.142. The Hall–Kier alpha value is -3.08. The molecule has 2 aromatic rings. The van der Waals surface area contributed by atoms with Gasteiger partial charge >= 0.3 is 0 Å². The summed E-state index contributed by atoms with van der Waals surface area (Å²) in [5.41, 5.74) is 1.30. The first-order valence-electron chi connectivity index (χ1n) is 8.16. The van der Waals surface area contributed by atoms with Crippen LogP contribution in [0.2, 0.25) is 5.02 Å². The highest BCUT2D eigenvalue weighted by molar-refractivity contribution is 6.31. The van der Waals surface area contributed by atoms with E-state index < -0.39 is 0 Å². The van der Waals surface area contributed by atoms with Crippen molar-refractivity contribution < 1.29 is 19.2 Å². The maximum atomic E-state index is 12.2. The second kappa shape index (κ2) is 9.57. The highest BCUT2D eigenvalue weighted by Gasteiger charge is 2.16. The van der Waals surface area contributed by atoms with Gasteiger partial charge in [-0.1, -0.05) is 23.7 Å². The lowest BCUT2D eigenvalue weighted by Gasteiger charge is -2.15. The number of methoxy groups -OCH3 is 1. The van der Waals surface area contributed by atoms with Crippen LogP contribution >= 0.6 is 11.6 Å². The molecule has 0 spiro atoms. The van der Waals surface area contributed by atoms with Crippen molar-refractivity contribution in [3.63, 3.8) is 0 Å². The van der Waals surface area contributed by atoms with Gasteiger partial charge in [-0.25, -0.2) is 0 Å². The normalized spacial score (nSPS) is 11.2. The molecule has 0 aromatic heterocycles. The number of nitrogens with zero attached hydrogens (tertiary/aromatic N) is 1. The quantitative estimate of drug-likeness (QED) is 0.667. The molecule has 0 aliphatic heterocycles. The predicted molar refractivity (Wildman–Crippen MR) is 103 cm³/mol. The van der Waals surface area contributed by atoms with Gasteiger partial charge in [0.25, 0.3) is 11.8 Å². The molecule has 1 unspecified atom stereocenters. The minimum atomic E-state index is -0.289. The number of carbonyl (C=O) groups excluding carboxylic acids is 2. The number of para-hydroxylation sites is 1. The summed E-state index contributed by atoms with van der Waals surface area (Å²) in [5, 5.41) is 14.9. The zero-order chi connectivity index (χ0) is 19.8. The Morgan fingerprint density at radius 2 is 1.74 bits per heavy atom. The van der Waals surface area contributed by atoms with Crippen LogP contribution in [0.1, 0.15) is 5.56 Å². The number of amides is 2. The number of carbonyl (C=O) groups is 2. The van der Waals surface area contributed by atoms with Crippen molar-refractivity contribution in [2.45, 2.75) is 0 Å². The standard InChI is InChI=1S/C19H19ClN4O3/c1-24(11-18(25)22-15-6-4-3-5-13(15)10-21)12-19(26)23-16-9-14(20)7-8-17(16)27-2/h3-9H,11-12H2,1-2H3,(H,22,25)(H,23,26)/p+1. The van der Waals surface area contributed by atoms with Crippen LogP contribution in [0.3, 0.4) is 0 Å². The summed E-state index contributed by atoms with van der Waals surface area (Å²) >= 11 is 5.95. The summed E-state index contributed by atoms with van der Waals surface area (Å²) in [4.78, 5) is 25.1. The second-order valence-corrected chi connectivity index (χ2v) is 6.35. The number of ether oxygens (including phenoxy) is 1. The van der Waals surface area contributed by atoms with E-state index in [1.165, 1.54) is 7.11 Å². The number of anilines is 2. The van der Waals surface area contributed by atoms with Crippen LogP contribution in [0.5, 0.6) is 5.75 Å². The molecule has 2 rings (SSSR count). The van der Waals surface area contributed by atoms with Gasteiger partial charge in [0, 0.05) is 5.02 Å². The van der Waals surface area contributed by atoms with Crippen LogP contribution in [0, 0.1) is 11.3 Å². The lowest BCUT2D eigenvalue weighted by atomic mass is 10.2. The summed E-state index contributed by atoms with van der Waals surface area (Å²) in [6, 6.07) is 13.7. The Morgan fingerprint density at radius 3 is 2.37 bits per heavy atom. The zero-order valence-electron chi connectivity index (χ0n) is 15.0.